The molecule has 1 amide bonds. The van der Waals surface area contributed by atoms with Crippen LogP contribution in [0.25, 0.3) is 0 Å². The molecule has 4 rings (SSSR count). The minimum absolute atomic E-state index is 0.146. The third-order valence-corrected chi connectivity index (χ3v) is 4.97. The average molecular weight is 383 g/mol. The van der Waals surface area contributed by atoms with Crippen molar-refractivity contribution in [3.63, 3.8) is 0 Å². The van der Waals surface area contributed by atoms with Gasteiger partial charge in [0.15, 0.2) is 11.5 Å². The lowest BCUT2D eigenvalue weighted by molar-refractivity contribution is 0.0679. The summed E-state index contributed by atoms with van der Waals surface area (Å²) in [5, 5.41) is 3.03. The van der Waals surface area contributed by atoms with Gasteiger partial charge in [-0.15, -0.1) is 0 Å². The number of ether oxygens (including phenoxy) is 4. The third kappa shape index (κ3) is 4.39. The van der Waals surface area contributed by atoms with Crippen molar-refractivity contribution in [1.82, 2.24) is 5.32 Å². The van der Waals surface area contributed by atoms with E-state index in [4.69, 9.17) is 18.9 Å². The molecular formula is C22H25NO5. The van der Waals surface area contributed by atoms with Gasteiger partial charge in [-0.05, 0) is 55.7 Å². The van der Waals surface area contributed by atoms with E-state index in [2.05, 4.69) is 5.32 Å². The van der Waals surface area contributed by atoms with Gasteiger partial charge in [0.2, 0.25) is 0 Å². The minimum atomic E-state index is -0.167. The van der Waals surface area contributed by atoms with Crippen molar-refractivity contribution in [2.75, 3.05) is 26.4 Å². The molecule has 0 aromatic heterocycles. The summed E-state index contributed by atoms with van der Waals surface area (Å²) in [6.07, 6.45) is 2.24. The molecule has 0 saturated carbocycles. The van der Waals surface area contributed by atoms with Crippen molar-refractivity contribution in [2.45, 2.75) is 31.9 Å². The molecule has 2 unspecified atom stereocenters. The number of carbonyl (C=O) groups is 1. The highest BCUT2D eigenvalue weighted by atomic mass is 16.6. The van der Waals surface area contributed by atoms with Crippen LogP contribution in [0.1, 0.15) is 41.7 Å². The van der Waals surface area contributed by atoms with Gasteiger partial charge in [0.25, 0.3) is 5.91 Å². The highest BCUT2D eigenvalue weighted by molar-refractivity contribution is 5.94. The molecule has 0 aliphatic carbocycles. The molecular weight excluding hydrogens is 358 g/mol. The molecule has 0 radical (unpaired) electrons. The molecule has 2 heterocycles. The Morgan fingerprint density at radius 2 is 2.00 bits per heavy atom. The number of nitrogens with one attached hydrogen (secondary N) is 1. The number of hydrogen-bond acceptors (Lipinski definition) is 5. The molecule has 148 valence electrons. The van der Waals surface area contributed by atoms with Gasteiger partial charge < -0.3 is 24.3 Å². The lowest BCUT2D eigenvalue weighted by Crippen LogP contribution is -2.27. The van der Waals surface area contributed by atoms with Crippen LogP contribution < -0.4 is 19.5 Å². The summed E-state index contributed by atoms with van der Waals surface area (Å²) in [4.78, 5) is 12.7. The number of hydrogen-bond donors (Lipinski definition) is 1. The molecule has 2 aliphatic heterocycles. The first kappa shape index (κ1) is 18.6. The molecule has 0 spiro atoms. The number of benzene rings is 2. The molecule has 2 aromatic rings. The van der Waals surface area contributed by atoms with Gasteiger partial charge >= 0.3 is 0 Å². The summed E-state index contributed by atoms with van der Waals surface area (Å²) in [5.41, 5.74) is 1.53. The monoisotopic (exact) mass is 383 g/mol. The normalized spacial score (nSPS) is 19.1. The van der Waals surface area contributed by atoms with Crippen molar-refractivity contribution in [3.8, 4) is 17.2 Å². The Kier molecular flexibility index (Phi) is 5.67. The maximum absolute atomic E-state index is 12.7. The SMILES string of the molecule is CC(NC(=O)c1cccc(OCC2CCCO2)c1)c1ccc2c(c1)OCCO2. The lowest BCUT2D eigenvalue weighted by atomic mass is 10.1. The van der Waals surface area contributed by atoms with E-state index in [0.29, 0.717) is 31.1 Å². The van der Waals surface area contributed by atoms with Gasteiger partial charge in [-0.3, -0.25) is 4.79 Å². The van der Waals surface area contributed by atoms with E-state index in [9.17, 15) is 4.79 Å². The number of fused-ring (bicyclic) bond motifs is 1. The second-order valence-electron chi connectivity index (χ2n) is 7.07. The Labute approximate surface area is 164 Å². The first-order valence-corrected chi connectivity index (χ1v) is 9.74. The molecule has 2 atom stereocenters. The van der Waals surface area contributed by atoms with E-state index in [1.807, 2.05) is 37.3 Å². The van der Waals surface area contributed by atoms with Crippen molar-refractivity contribution in [3.05, 3.63) is 53.6 Å². The van der Waals surface area contributed by atoms with Crippen molar-refractivity contribution in [1.29, 1.82) is 0 Å². The van der Waals surface area contributed by atoms with Gasteiger partial charge in [-0.1, -0.05) is 12.1 Å². The van der Waals surface area contributed by atoms with Crippen LogP contribution in [0.4, 0.5) is 0 Å². The molecule has 6 heteroatoms. The zero-order valence-corrected chi connectivity index (χ0v) is 16.0. The van der Waals surface area contributed by atoms with E-state index in [-0.39, 0.29) is 18.1 Å². The Balaban J connectivity index is 1.38. The Bertz CT molecular complexity index is 831. The van der Waals surface area contributed by atoms with Crippen molar-refractivity contribution < 1.29 is 23.7 Å². The number of carbonyl (C=O) groups excluding carboxylic acids is 1. The maximum atomic E-state index is 12.7. The van der Waals surface area contributed by atoms with E-state index >= 15 is 0 Å². The van der Waals surface area contributed by atoms with E-state index in [1.54, 1.807) is 12.1 Å². The smallest absolute Gasteiger partial charge is 0.251 e. The molecule has 1 saturated heterocycles. The van der Waals surface area contributed by atoms with Crippen LogP contribution in [-0.2, 0) is 4.74 Å². The Morgan fingerprint density at radius 1 is 1.14 bits per heavy atom. The second kappa shape index (κ2) is 8.52. The van der Waals surface area contributed by atoms with E-state index in [1.165, 1.54) is 0 Å². The van der Waals surface area contributed by atoms with Crippen molar-refractivity contribution in [2.24, 2.45) is 0 Å². The molecule has 1 N–H and O–H groups in total. The average Bonchev–Trinajstić information content (AvgIpc) is 3.26. The van der Waals surface area contributed by atoms with Crippen LogP contribution in [0.15, 0.2) is 42.5 Å². The summed E-state index contributed by atoms with van der Waals surface area (Å²) < 4.78 is 22.5. The highest BCUT2D eigenvalue weighted by Gasteiger charge is 2.18. The second-order valence-corrected chi connectivity index (χ2v) is 7.07. The highest BCUT2D eigenvalue weighted by Crippen LogP contribution is 2.32. The van der Waals surface area contributed by atoms with Gasteiger partial charge in [-0.2, -0.15) is 0 Å². The van der Waals surface area contributed by atoms with Crippen LogP contribution >= 0.6 is 0 Å². The predicted octanol–water partition coefficient (Wildman–Crippen LogP) is 3.51. The quantitative estimate of drug-likeness (QED) is 0.827. The van der Waals surface area contributed by atoms with Crippen LogP contribution in [-0.4, -0.2) is 38.4 Å². The van der Waals surface area contributed by atoms with E-state index in [0.717, 1.165) is 36.5 Å². The fourth-order valence-corrected chi connectivity index (χ4v) is 3.38. The van der Waals surface area contributed by atoms with E-state index < -0.39 is 0 Å². The Morgan fingerprint density at radius 3 is 2.82 bits per heavy atom. The van der Waals surface area contributed by atoms with Gasteiger partial charge in [0.1, 0.15) is 25.6 Å². The maximum Gasteiger partial charge on any atom is 0.251 e. The zero-order chi connectivity index (χ0) is 19.3. The molecule has 0 bridgehead atoms. The van der Waals surface area contributed by atoms with Crippen LogP contribution in [0.3, 0.4) is 0 Å². The van der Waals surface area contributed by atoms with Crippen molar-refractivity contribution >= 4 is 5.91 Å². The zero-order valence-electron chi connectivity index (χ0n) is 16.0. The van der Waals surface area contributed by atoms with Crippen LogP contribution in [0.5, 0.6) is 17.2 Å². The minimum Gasteiger partial charge on any atom is -0.491 e. The third-order valence-electron chi connectivity index (χ3n) is 4.97. The fraction of sp³-hybridized carbons (Fsp3) is 0.409. The van der Waals surface area contributed by atoms with Gasteiger partial charge in [0, 0.05) is 12.2 Å². The lowest BCUT2D eigenvalue weighted by Gasteiger charge is -2.21. The summed E-state index contributed by atoms with van der Waals surface area (Å²) >= 11 is 0. The molecule has 28 heavy (non-hydrogen) atoms. The topological polar surface area (TPSA) is 66.0 Å². The van der Waals surface area contributed by atoms with Crippen LogP contribution in [0, 0.1) is 0 Å². The predicted molar refractivity (Wildman–Crippen MR) is 104 cm³/mol. The fourth-order valence-electron chi connectivity index (χ4n) is 3.38. The first-order chi connectivity index (χ1) is 13.7. The summed E-state index contributed by atoms with van der Waals surface area (Å²) in [5.74, 6) is 1.99. The standard InChI is InChI=1S/C22H25NO5/c1-15(16-7-8-20-21(13-16)27-11-10-26-20)23-22(24)17-4-2-5-18(12-17)28-14-19-6-3-9-25-19/h2,4-5,7-8,12-13,15,19H,3,6,9-11,14H2,1H3,(H,23,24). The van der Waals surface area contributed by atoms with Crippen LogP contribution in [0.2, 0.25) is 0 Å². The molecule has 2 aliphatic rings. The largest absolute Gasteiger partial charge is 0.491 e. The number of rotatable bonds is 6. The summed E-state index contributed by atoms with van der Waals surface area (Å²) in [6, 6.07) is 12.8. The number of amides is 1. The summed E-state index contributed by atoms with van der Waals surface area (Å²) in [6.45, 7) is 4.35. The molecule has 2 aromatic carbocycles. The Hall–Kier alpha value is -2.73. The van der Waals surface area contributed by atoms with Gasteiger partial charge in [0.05, 0.1) is 12.1 Å². The first-order valence-electron chi connectivity index (χ1n) is 9.74. The summed E-state index contributed by atoms with van der Waals surface area (Å²) in [7, 11) is 0. The molecule has 1 fully saturated rings. The van der Waals surface area contributed by atoms with Gasteiger partial charge in [-0.25, -0.2) is 0 Å². The molecule has 6 nitrogen and oxygen atoms in total.